The standard InChI is InChI=1S/C19H19F3N4O2/c1-2-11(23)10-24-17-13-5-3-4-6-15(13)25-18(26-17)14-9-12(7-8-16(14)27)28-19(20,21)22/h3-9,11,27H,2,10,23H2,1H3,(H,24,25,26)/t11-/m0/s1. The van der Waals surface area contributed by atoms with Gasteiger partial charge in [0.2, 0.25) is 0 Å². The van der Waals surface area contributed by atoms with E-state index in [0.717, 1.165) is 30.0 Å². The maximum absolute atomic E-state index is 12.5. The van der Waals surface area contributed by atoms with Gasteiger partial charge < -0.3 is 20.9 Å². The molecule has 0 spiro atoms. The van der Waals surface area contributed by atoms with Crippen LogP contribution in [-0.4, -0.2) is 34.0 Å². The molecule has 0 amide bonds. The van der Waals surface area contributed by atoms with Crippen molar-refractivity contribution in [2.45, 2.75) is 25.7 Å². The lowest BCUT2D eigenvalue weighted by molar-refractivity contribution is -0.274. The fraction of sp³-hybridized carbons (Fsp3) is 0.263. The Hall–Kier alpha value is -3.07. The van der Waals surface area contributed by atoms with E-state index in [4.69, 9.17) is 5.73 Å². The number of halogens is 3. The van der Waals surface area contributed by atoms with Gasteiger partial charge in [-0.3, -0.25) is 0 Å². The largest absolute Gasteiger partial charge is 0.573 e. The zero-order valence-corrected chi connectivity index (χ0v) is 15.0. The first-order chi connectivity index (χ1) is 13.3. The zero-order valence-electron chi connectivity index (χ0n) is 15.0. The molecule has 0 bridgehead atoms. The molecule has 1 heterocycles. The van der Waals surface area contributed by atoms with Crippen molar-refractivity contribution < 1.29 is 23.0 Å². The van der Waals surface area contributed by atoms with Gasteiger partial charge in [0, 0.05) is 18.0 Å². The van der Waals surface area contributed by atoms with Crippen LogP contribution in [0.3, 0.4) is 0 Å². The number of hydrogen-bond donors (Lipinski definition) is 3. The van der Waals surface area contributed by atoms with E-state index < -0.39 is 12.1 Å². The van der Waals surface area contributed by atoms with Crippen molar-refractivity contribution in [3.8, 4) is 22.9 Å². The van der Waals surface area contributed by atoms with E-state index in [2.05, 4.69) is 20.0 Å². The van der Waals surface area contributed by atoms with Gasteiger partial charge in [-0.05, 0) is 36.8 Å². The third-order valence-electron chi connectivity index (χ3n) is 4.10. The Kier molecular flexibility index (Phi) is 5.55. The Bertz CT molecular complexity index is 979. The number of nitrogens with one attached hydrogen (secondary N) is 1. The zero-order chi connectivity index (χ0) is 20.3. The van der Waals surface area contributed by atoms with E-state index in [0.29, 0.717) is 17.9 Å². The van der Waals surface area contributed by atoms with E-state index >= 15 is 0 Å². The minimum atomic E-state index is -4.85. The summed E-state index contributed by atoms with van der Waals surface area (Å²) >= 11 is 0. The summed E-state index contributed by atoms with van der Waals surface area (Å²) in [6.45, 7) is 2.42. The molecule has 28 heavy (non-hydrogen) atoms. The molecule has 3 rings (SSSR count). The van der Waals surface area contributed by atoms with Crippen molar-refractivity contribution >= 4 is 16.7 Å². The number of phenolic OH excluding ortho intramolecular Hbond substituents is 1. The molecule has 1 atom stereocenters. The second-order valence-electron chi connectivity index (χ2n) is 6.19. The Morgan fingerprint density at radius 2 is 1.93 bits per heavy atom. The third kappa shape index (κ3) is 4.61. The Morgan fingerprint density at radius 1 is 1.18 bits per heavy atom. The highest BCUT2D eigenvalue weighted by Gasteiger charge is 2.31. The topological polar surface area (TPSA) is 93.3 Å². The molecule has 4 N–H and O–H groups in total. The highest BCUT2D eigenvalue weighted by Crippen LogP contribution is 2.34. The summed E-state index contributed by atoms with van der Waals surface area (Å²) in [7, 11) is 0. The minimum absolute atomic E-state index is 0.0235. The maximum atomic E-state index is 12.5. The van der Waals surface area contributed by atoms with Gasteiger partial charge in [-0.1, -0.05) is 19.1 Å². The number of ether oxygens (including phenoxy) is 1. The lowest BCUT2D eigenvalue weighted by Crippen LogP contribution is -2.28. The van der Waals surface area contributed by atoms with Gasteiger partial charge in [-0.25, -0.2) is 9.97 Å². The number of alkyl halides is 3. The highest BCUT2D eigenvalue weighted by atomic mass is 19.4. The van der Waals surface area contributed by atoms with Gasteiger partial charge in [0.05, 0.1) is 11.1 Å². The number of para-hydroxylation sites is 1. The van der Waals surface area contributed by atoms with Crippen LogP contribution in [0.15, 0.2) is 42.5 Å². The number of aromatic hydroxyl groups is 1. The summed E-state index contributed by atoms with van der Waals surface area (Å²) in [5.74, 6) is -0.192. The van der Waals surface area contributed by atoms with Crippen molar-refractivity contribution in [1.82, 2.24) is 9.97 Å². The SMILES string of the molecule is CC[C@H](N)CNc1nc(-c2cc(OC(F)(F)F)ccc2O)nc2ccccc12. The normalized spacial score (nSPS) is 12.8. The van der Waals surface area contributed by atoms with Crippen LogP contribution in [0, 0.1) is 0 Å². The molecule has 0 radical (unpaired) electrons. The van der Waals surface area contributed by atoms with Crippen LogP contribution in [0.5, 0.6) is 11.5 Å². The summed E-state index contributed by atoms with van der Waals surface area (Å²) < 4.78 is 41.5. The predicted octanol–water partition coefficient (Wildman–Crippen LogP) is 4.05. The summed E-state index contributed by atoms with van der Waals surface area (Å²) in [4.78, 5) is 8.77. The molecule has 0 fully saturated rings. The quantitative estimate of drug-likeness (QED) is 0.586. The Balaban J connectivity index is 2.07. The number of nitrogens with two attached hydrogens (primary N) is 1. The summed E-state index contributed by atoms with van der Waals surface area (Å²) in [5, 5.41) is 14.0. The summed E-state index contributed by atoms with van der Waals surface area (Å²) in [6.07, 6.45) is -4.08. The molecule has 0 unspecified atom stereocenters. The number of fused-ring (bicyclic) bond motifs is 1. The molecule has 0 saturated carbocycles. The number of hydrogen-bond acceptors (Lipinski definition) is 6. The van der Waals surface area contributed by atoms with Crippen molar-refractivity contribution in [3.05, 3.63) is 42.5 Å². The molecule has 2 aromatic carbocycles. The Morgan fingerprint density at radius 3 is 2.64 bits per heavy atom. The molecule has 3 aromatic rings. The molecule has 0 aliphatic carbocycles. The van der Waals surface area contributed by atoms with Crippen LogP contribution >= 0.6 is 0 Å². The maximum Gasteiger partial charge on any atom is 0.573 e. The number of anilines is 1. The van der Waals surface area contributed by atoms with E-state index in [9.17, 15) is 18.3 Å². The summed E-state index contributed by atoms with van der Waals surface area (Å²) in [5.41, 5.74) is 6.54. The fourth-order valence-corrected chi connectivity index (χ4v) is 2.60. The number of phenols is 1. The molecular formula is C19H19F3N4O2. The third-order valence-corrected chi connectivity index (χ3v) is 4.10. The number of rotatable bonds is 6. The number of nitrogens with zero attached hydrogens (tertiary/aromatic N) is 2. The van der Waals surface area contributed by atoms with Gasteiger partial charge >= 0.3 is 6.36 Å². The molecule has 0 aliphatic rings. The van der Waals surface area contributed by atoms with Crippen molar-refractivity contribution in [2.24, 2.45) is 5.73 Å². The first-order valence-corrected chi connectivity index (χ1v) is 8.62. The van der Waals surface area contributed by atoms with Gasteiger partial charge in [-0.15, -0.1) is 13.2 Å². The van der Waals surface area contributed by atoms with Gasteiger partial charge in [0.25, 0.3) is 0 Å². The van der Waals surface area contributed by atoms with Crippen LogP contribution < -0.4 is 15.8 Å². The molecule has 1 aromatic heterocycles. The van der Waals surface area contributed by atoms with Gasteiger partial charge in [0.1, 0.15) is 17.3 Å². The molecule has 6 nitrogen and oxygen atoms in total. The van der Waals surface area contributed by atoms with Crippen LogP contribution in [0.1, 0.15) is 13.3 Å². The van der Waals surface area contributed by atoms with Crippen LogP contribution in [0.4, 0.5) is 19.0 Å². The minimum Gasteiger partial charge on any atom is -0.507 e. The van der Waals surface area contributed by atoms with Crippen LogP contribution in [0.2, 0.25) is 0 Å². The van der Waals surface area contributed by atoms with E-state index in [1.807, 2.05) is 19.1 Å². The lowest BCUT2D eigenvalue weighted by Gasteiger charge is -2.15. The molecule has 0 saturated heterocycles. The smallest absolute Gasteiger partial charge is 0.507 e. The van der Waals surface area contributed by atoms with Crippen molar-refractivity contribution in [2.75, 3.05) is 11.9 Å². The second-order valence-corrected chi connectivity index (χ2v) is 6.19. The van der Waals surface area contributed by atoms with Crippen molar-refractivity contribution in [1.29, 1.82) is 0 Å². The first-order valence-electron chi connectivity index (χ1n) is 8.62. The van der Waals surface area contributed by atoms with Crippen LogP contribution in [0.25, 0.3) is 22.3 Å². The monoisotopic (exact) mass is 392 g/mol. The Labute approximate surface area is 159 Å². The molecule has 148 valence electrons. The average molecular weight is 392 g/mol. The lowest BCUT2D eigenvalue weighted by atomic mass is 10.1. The van der Waals surface area contributed by atoms with Crippen LogP contribution in [-0.2, 0) is 0 Å². The van der Waals surface area contributed by atoms with Crippen molar-refractivity contribution in [3.63, 3.8) is 0 Å². The number of aromatic nitrogens is 2. The van der Waals surface area contributed by atoms with E-state index in [-0.39, 0.29) is 23.2 Å². The van der Waals surface area contributed by atoms with Gasteiger partial charge in [0.15, 0.2) is 5.82 Å². The molecule has 0 aliphatic heterocycles. The number of benzene rings is 2. The predicted molar refractivity (Wildman–Crippen MR) is 100 cm³/mol. The first kappa shape index (κ1) is 19.7. The van der Waals surface area contributed by atoms with Gasteiger partial charge in [-0.2, -0.15) is 0 Å². The van der Waals surface area contributed by atoms with E-state index in [1.165, 1.54) is 0 Å². The molecule has 9 heteroatoms. The molecular weight excluding hydrogens is 373 g/mol. The average Bonchev–Trinajstić information content (AvgIpc) is 2.66. The second kappa shape index (κ2) is 7.89. The van der Waals surface area contributed by atoms with E-state index in [1.54, 1.807) is 12.1 Å². The highest BCUT2D eigenvalue weighted by molar-refractivity contribution is 5.91. The fourth-order valence-electron chi connectivity index (χ4n) is 2.60. The summed E-state index contributed by atoms with van der Waals surface area (Å²) in [6, 6.07) is 10.3.